The van der Waals surface area contributed by atoms with Crippen LogP contribution in [-0.2, 0) is 7.05 Å². The molecule has 2 aromatic rings. The third-order valence-electron chi connectivity index (χ3n) is 3.64. The molecule has 0 unspecified atom stereocenters. The SMILES string of the molecule is Cc1nn(C)c(Cl)c1C(=O)N[C@@H]1CCSc2ccccc21. The maximum Gasteiger partial charge on any atom is 0.256 e. The molecule has 0 aliphatic carbocycles. The number of hydrogen-bond acceptors (Lipinski definition) is 3. The predicted octanol–water partition coefficient (Wildman–Crippen LogP) is 3.35. The summed E-state index contributed by atoms with van der Waals surface area (Å²) in [5.41, 5.74) is 2.30. The van der Waals surface area contributed by atoms with Crippen LogP contribution in [0.15, 0.2) is 29.2 Å². The minimum absolute atomic E-state index is 0.0330. The summed E-state index contributed by atoms with van der Waals surface area (Å²) in [5, 5.41) is 7.66. The molecule has 21 heavy (non-hydrogen) atoms. The minimum atomic E-state index is -0.155. The lowest BCUT2D eigenvalue weighted by molar-refractivity contribution is 0.0934. The first-order valence-electron chi connectivity index (χ1n) is 6.79. The maximum atomic E-state index is 12.5. The largest absolute Gasteiger partial charge is 0.345 e. The Bertz CT molecular complexity index is 698. The molecule has 1 N–H and O–H groups in total. The first kappa shape index (κ1) is 14.5. The zero-order valence-corrected chi connectivity index (χ0v) is 13.5. The quantitative estimate of drug-likeness (QED) is 0.922. The van der Waals surface area contributed by atoms with Crippen molar-refractivity contribution in [2.45, 2.75) is 24.3 Å². The molecule has 0 spiro atoms. The molecule has 6 heteroatoms. The van der Waals surface area contributed by atoms with Gasteiger partial charge in [0.05, 0.1) is 17.3 Å². The van der Waals surface area contributed by atoms with E-state index < -0.39 is 0 Å². The van der Waals surface area contributed by atoms with Gasteiger partial charge in [0.25, 0.3) is 5.91 Å². The van der Waals surface area contributed by atoms with Gasteiger partial charge in [0.15, 0.2) is 0 Å². The van der Waals surface area contributed by atoms with Crippen LogP contribution in [-0.4, -0.2) is 21.4 Å². The van der Waals surface area contributed by atoms with Crippen LogP contribution in [0.2, 0.25) is 5.15 Å². The fourth-order valence-electron chi connectivity index (χ4n) is 2.61. The molecule has 4 nitrogen and oxygen atoms in total. The van der Waals surface area contributed by atoms with Crippen LogP contribution in [0.3, 0.4) is 0 Å². The molecular weight excluding hydrogens is 306 g/mol. The number of fused-ring (bicyclic) bond motifs is 1. The van der Waals surface area contributed by atoms with Crippen molar-refractivity contribution in [3.63, 3.8) is 0 Å². The van der Waals surface area contributed by atoms with E-state index in [0.29, 0.717) is 16.4 Å². The summed E-state index contributed by atoms with van der Waals surface area (Å²) in [4.78, 5) is 13.8. The van der Waals surface area contributed by atoms with Crippen molar-refractivity contribution in [3.05, 3.63) is 46.2 Å². The van der Waals surface area contributed by atoms with Crippen molar-refractivity contribution in [1.29, 1.82) is 0 Å². The molecule has 110 valence electrons. The second kappa shape index (κ2) is 5.73. The Morgan fingerprint density at radius 2 is 2.24 bits per heavy atom. The average Bonchev–Trinajstić information content (AvgIpc) is 2.72. The molecule has 1 aliphatic rings. The van der Waals surface area contributed by atoms with Crippen molar-refractivity contribution < 1.29 is 4.79 Å². The van der Waals surface area contributed by atoms with Gasteiger partial charge in [-0.1, -0.05) is 29.8 Å². The Hall–Kier alpha value is -1.46. The third-order valence-corrected chi connectivity index (χ3v) is 5.20. The number of amides is 1. The van der Waals surface area contributed by atoms with Crippen molar-refractivity contribution in [2.75, 3.05) is 5.75 Å². The number of carbonyl (C=O) groups is 1. The zero-order valence-electron chi connectivity index (χ0n) is 11.9. The summed E-state index contributed by atoms with van der Waals surface area (Å²) in [5.74, 6) is 0.846. The van der Waals surface area contributed by atoms with Crippen LogP contribution in [0.4, 0.5) is 0 Å². The summed E-state index contributed by atoms with van der Waals surface area (Å²) in [6.45, 7) is 1.80. The highest BCUT2D eigenvalue weighted by Gasteiger charge is 2.25. The summed E-state index contributed by atoms with van der Waals surface area (Å²) in [6, 6.07) is 8.24. The number of carbonyl (C=O) groups excluding carboxylic acids is 1. The topological polar surface area (TPSA) is 46.9 Å². The summed E-state index contributed by atoms with van der Waals surface area (Å²) < 4.78 is 1.52. The van der Waals surface area contributed by atoms with Crippen LogP contribution in [0.25, 0.3) is 0 Å². The van der Waals surface area contributed by atoms with Crippen LogP contribution < -0.4 is 5.32 Å². The van der Waals surface area contributed by atoms with Gasteiger partial charge in [-0.05, 0) is 25.0 Å². The Labute approximate surface area is 132 Å². The highest BCUT2D eigenvalue weighted by atomic mass is 35.5. The Morgan fingerprint density at radius 3 is 2.95 bits per heavy atom. The molecule has 1 aromatic carbocycles. The number of benzene rings is 1. The number of halogens is 1. The van der Waals surface area contributed by atoms with Crippen molar-refractivity contribution in [3.8, 4) is 0 Å². The van der Waals surface area contributed by atoms with E-state index in [1.807, 2.05) is 23.9 Å². The van der Waals surface area contributed by atoms with E-state index in [0.717, 1.165) is 12.2 Å². The summed E-state index contributed by atoms with van der Waals surface area (Å²) in [6.07, 6.45) is 0.921. The van der Waals surface area contributed by atoms with E-state index in [4.69, 9.17) is 11.6 Å². The Morgan fingerprint density at radius 1 is 1.48 bits per heavy atom. The standard InChI is InChI=1S/C15H16ClN3OS/c1-9-13(14(16)19(2)18-9)15(20)17-11-7-8-21-12-6-4-3-5-10(11)12/h3-6,11H,7-8H2,1-2H3,(H,17,20)/t11-/m1/s1. The molecular formula is C15H16ClN3OS. The van der Waals surface area contributed by atoms with Gasteiger partial charge in [0.2, 0.25) is 0 Å². The van der Waals surface area contributed by atoms with Crippen molar-refractivity contribution >= 4 is 29.3 Å². The molecule has 1 aliphatic heterocycles. The molecule has 2 heterocycles. The highest BCUT2D eigenvalue weighted by molar-refractivity contribution is 7.99. The number of aryl methyl sites for hydroxylation is 2. The molecule has 0 radical (unpaired) electrons. The van der Waals surface area contributed by atoms with E-state index in [-0.39, 0.29) is 11.9 Å². The smallest absolute Gasteiger partial charge is 0.256 e. The molecule has 1 atom stereocenters. The van der Waals surface area contributed by atoms with E-state index in [2.05, 4.69) is 22.5 Å². The van der Waals surface area contributed by atoms with Gasteiger partial charge in [0, 0.05) is 17.7 Å². The summed E-state index contributed by atoms with van der Waals surface area (Å²) in [7, 11) is 1.73. The Kier molecular flexibility index (Phi) is 3.95. The van der Waals surface area contributed by atoms with Crippen LogP contribution >= 0.6 is 23.4 Å². The molecule has 0 fully saturated rings. The van der Waals surface area contributed by atoms with E-state index in [1.54, 1.807) is 14.0 Å². The lowest BCUT2D eigenvalue weighted by Gasteiger charge is -2.25. The van der Waals surface area contributed by atoms with Gasteiger partial charge in [0.1, 0.15) is 5.15 Å². The average molecular weight is 322 g/mol. The first-order chi connectivity index (χ1) is 10.1. The van der Waals surface area contributed by atoms with E-state index in [1.165, 1.54) is 15.1 Å². The minimum Gasteiger partial charge on any atom is -0.345 e. The summed E-state index contributed by atoms with van der Waals surface area (Å²) >= 11 is 7.99. The number of nitrogens with one attached hydrogen (secondary N) is 1. The number of rotatable bonds is 2. The van der Waals surface area contributed by atoms with Crippen molar-refractivity contribution in [2.24, 2.45) is 7.05 Å². The van der Waals surface area contributed by atoms with Gasteiger partial charge < -0.3 is 5.32 Å². The lowest BCUT2D eigenvalue weighted by Crippen LogP contribution is -2.31. The van der Waals surface area contributed by atoms with Gasteiger partial charge in [-0.3, -0.25) is 9.48 Å². The zero-order chi connectivity index (χ0) is 15.0. The van der Waals surface area contributed by atoms with E-state index in [9.17, 15) is 4.79 Å². The molecule has 1 amide bonds. The second-order valence-corrected chi connectivity index (χ2v) is 6.57. The maximum absolute atomic E-state index is 12.5. The fraction of sp³-hybridized carbons (Fsp3) is 0.333. The second-order valence-electron chi connectivity index (χ2n) is 5.08. The highest BCUT2D eigenvalue weighted by Crippen LogP contribution is 2.36. The fourth-order valence-corrected chi connectivity index (χ4v) is 4.00. The molecule has 0 bridgehead atoms. The Balaban J connectivity index is 1.86. The third kappa shape index (κ3) is 2.68. The monoisotopic (exact) mass is 321 g/mol. The first-order valence-corrected chi connectivity index (χ1v) is 8.16. The van der Waals surface area contributed by atoms with Crippen LogP contribution in [0.5, 0.6) is 0 Å². The molecule has 1 aromatic heterocycles. The molecule has 0 saturated carbocycles. The van der Waals surface area contributed by atoms with Gasteiger partial charge in [-0.15, -0.1) is 11.8 Å². The van der Waals surface area contributed by atoms with Gasteiger partial charge in [-0.2, -0.15) is 5.10 Å². The van der Waals surface area contributed by atoms with Gasteiger partial charge in [-0.25, -0.2) is 0 Å². The number of aromatic nitrogens is 2. The van der Waals surface area contributed by atoms with Crippen LogP contribution in [0.1, 0.15) is 34.1 Å². The number of hydrogen-bond donors (Lipinski definition) is 1. The van der Waals surface area contributed by atoms with Crippen molar-refractivity contribution in [1.82, 2.24) is 15.1 Å². The predicted molar refractivity (Wildman–Crippen MR) is 84.9 cm³/mol. The molecule has 0 saturated heterocycles. The number of nitrogens with zero attached hydrogens (tertiary/aromatic N) is 2. The lowest BCUT2D eigenvalue weighted by atomic mass is 10.0. The van der Waals surface area contributed by atoms with Gasteiger partial charge >= 0.3 is 0 Å². The van der Waals surface area contributed by atoms with Crippen LogP contribution in [0, 0.1) is 6.92 Å². The normalized spacial score (nSPS) is 17.4. The number of thioether (sulfide) groups is 1. The van der Waals surface area contributed by atoms with E-state index >= 15 is 0 Å². The molecule has 3 rings (SSSR count).